The van der Waals surface area contributed by atoms with E-state index in [-0.39, 0.29) is 5.84 Å². The lowest BCUT2D eigenvalue weighted by molar-refractivity contribution is 0.312. The molecule has 98 valence electrons. The minimum Gasteiger partial charge on any atom is -0.383 e. The molecule has 2 aliphatic rings. The standard InChI is InChI=1S/C12H19N5S/c1-16-4-6-17(7-5-16)12-15-9(8-2-3-8)10(18-12)11(13)14/h8H,2-7H2,1H3,(H3,13,14). The summed E-state index contributed by atoms with van der Waals surface area (Å²) in [7, 11) is 2.15. The highest BCUT2D eigenvalue weighted by Crippen LogP contribution is 2.44. The minimum absolute atomic E-state index is 0.176. The molecule has 18 heavy (non-hydrogen) atoms. The Balaban J connectivity index is 1.84. The molecule has 1 aromatic rings. The first-order valence-corrected chi connectivity index (χ1v) is 7.25. The zero-order valence-electron chi connectivity index (χ0n) is 10.6. The van der Waals surface area contributed by atoms with Crippen molar-refractivity contribution in [2.45, 2.75) is 18.8 Å². The number of hydrogen-bond acceptors (Lipinski definition) is 5. The topological polar surface area (TPSA) is 69.2 Å². The smallest absolute Gasteiger partial charge is 0.186 e. The van der Waals surface area contributed by atoms with E-state index in [1.165, 1.54) is 12.8 Å². The summed E-state index contributed by atoms with van der Waals surface area (Å²) in [4.78, 5) is 10.3. The van der Waals surface area contributed by atoms with Gasteiger partial charge in [0, 0.05) is 32.1 Å². The van der Waals surface area contributed by atoms with Crippen molar-refractivity contribution in [3.63, 3.8) is 0 Å². The van der Waals surface area contributed by atoms with Crippen LogP contribution in [-0.4, -0.2) is 48.9 Å². The third kappa shape index (κ3) is 2.22. The first-order chi connectivity index (χ1) is 8.65. The Labute approximate surface area is 111 Å². The molecule has 1 aliphatic carbocycles. The van der Waals surface area contributed by atoms with E-state index in [9.17, 15) is 0 Å². The van der Waals surface area contributed by atoms with E-state index in [1.807, 2.05) is 0 Å². The van der Waals surface area contributed by atoms with Gasteiger partial charge in [-0.15, -0.1) is 0 Å². The van der Waals surface area contributed by atoms with Gasteiger partial charge in [-0.3, -0.25) is 5.41 Å². The molecule has 6 heteroatoms. The fourth-order valence-electron chi connectivity index (χ4n) is 2.28. The molecule has 1 aromatic heterocycles. The number of aromatic nitrogens is 1. The highest BCUT2D eigenvalue weighted by atomic mass is 32.1. The van der Waals surface area contributed by atoms with E-state index in [4.69, 9.17) is 16.1 Å². The van der Waals surface area contributed by atoms with E-state index in [2.05, 4.69) is 16.8 Å². The number of piperazine rings is 1. The Morgan fingerprint density at radius 2 is 2.00 bits per heavy atom. The molecule has 1 aliphatic heterocycles. The predicted octanol–water partition coefficient (Wildman–Crippen LogP) is 1.06. The number of nitrogen functional groups attached to an aromatic ring is 1. The summed E-state index contributed by atoms with van der Waals surface area (Å²) in [6, 6.07) is 0. The van der Waals surface area contributed by atoms with Crippen LogP contribution in [-0.2, 0) is 0 Å². The van der Waals surface area contributed by atoms with E-state index in [1.54, 1.807) is 11.3 Å². The SMILES string of the molecule is CN1CCN(c2nc(C3CC3)c(C(=N)N)s2)CC1. The molecule has 0 aromatic carbocycles. The van der Waals surface area contributed by atoms with Crippen LogP contribution >= 0.6 is 11.3 Å². The molecule has 0 atom stereocenters. The molecule has 0 radical (unpaired) electrons. The number of nitrogens with two attached hydrogens (primary N) is 1. The molecular formula is C12H19N5S. The zero-order chi connectivity index (χ0) is 12.7. The van der Waals surface area contributed by atoms with Gasteiger partial charge < -0.3 is 15.5 Å². The fourth-order valence-corrected chi connectivity index (χ4v) is 3.34. The van der Waals surface area contributed by atoms with Crippen molar-refractivity contribution in [3.05, 3.63) is 10.6 Å². The van der Waals surface area contributed by atoms with Gasteiger partial charge >= 0.3 is 0 Å². The summed E-state index contributed by atoms with van der Waals surface area (Å²) in [6.45, 7) is 4.19. The molecule has 1 saturated carbocycles. The van der Waals surface area contributed by atoms with Gasteiger partial charge in [0.1, 0.15) is 5.84 Å². The van der Waals surface area contributed by atoms with Crippen LogP contribution < -0.4 is 10.6 Å². The second kappa shape index (κ2) is 4.51. The number of rotatable bonds is 3. The van der Waals surface area contributed by atoms with Crippen LogP contribution in [0.15, 0.2) is 0 Å². The Bertz CT molecular complexity index is 457. The molecule has 3 rings (SSSR count). The monoisotopic (exact) mass is 265 g/mol. The van der Waals surface area contributed by atoms with Crippen molar-refractivity contribution in [1.82, 2.24) is 9.88 Å². The lowest BCUT2D eigenvalue weighted by atomic mass is 10.2. The van der Waals surface area contributed by atoms with Crippen LogP contribution in [0, 0.1) is 5.41 Å². The first kappa shape index (κ1) is 11.9. The molecular weight excluding hydrogens is 246 g/mol. The number of hydrogen-bond donors (Lipinski definition) is 2. The van der Waals surface area contributed by atoms with Crippen molar-refractivity contribution in [3.8, 4) is 0 Å². The van der Waals surface area contributed by atoms with E-state index < -0.39 is 0 Å². The van der Waals surface area contributed by atoms with Gasteiger partial charge in [0.05, 0.1) is 10.6 Å². The number of nitrogens with zero attached hydrogens (tertiary/aromatic N) is 3. The number of likely N-dealkylation sites (N-methyl/N-ethyl adjacent to an activating group) is 1. The molecule has 1 saturated heterocycles. The molecule has 2 fully saturated rings. The van der Waals surface area contributed by atoms with Gasteiger partial charge in [-0.2, -0.15) is 0 Å². The number of nitrogens with one attached hydrogen (secondary N) is 1. The number of thiazole rings is 1. The average Bonchev–Trinajstić information content (AvgIpc) is 3.09. The zero-order valence-corrected chi connectivity index (χ0v) is 11.5. The van der Waals surface area contributed by atoms with Gasteiger partial charge in [-0.05, 0) is 19.9 Å². The summed E-state index contributed by atoms with van der Waals surface area (Å²) >= 11 is 1.59. The summed E-state index contributed by atoms with van der Waals surface area (Å²) in [5.41, 5.74) is 6.74. The minimum atomic E-state index is 0.176. The molecule has 0 amide bonds. The van der Waals surface area contributed by atoms with Gasteiger partial charge in [-0.1, -0.05) is 11.3 Å². The van der Waals surface area contributed by atoms with Gasteiger partial charge in [0.25, 0.3) is 0 Å². The van der Waals surface area contributed by atoms with Crippen LogP contribution in [0.25, 0.3) is 0 Å². The first-order valence-electron chi connectivity index (χ1n) is 6.44. The summed E-state index contributed by atoms with van der Waals surface area (Å²) in [5.74, 6) is 0.733. The van der Waals surface area contributed by atoms with Gasteiger partial charge in [0.2, 0.25) is 0 Å². The lowest BCUT2D eigenvalue weighted by Crippen LogP contribution is -2.44. The van der Waals surface area contributed by atoms with Crippen molar-refractivity contribution >= 4 is 22.3 Å². The molecule has 3 N–H and O–H groups in total. The number of anilines is 1. The quantitative estimate of drug-likeness (QED) is 0.633. The maximum absolute atomic E-state index is 7.68. The van der Waals surface area contributed by atoms with Crippen molar-refractivity contribution in [1.29, 1.82) is 5.41 Å². The molecule has 2 heterocycles. The maximum Gasteiger partial charge on any atom is 0.186 e. The normalized spacial score (nSPS) is 21.3. The van der Waals surface area contributed by atoms with Crippen molar-refractivity contribution in [2.75, 3.05) is 38.1 Å². The molecule has 0 unspecified atom stereocenters. The van der Waals surface area contributed by atoms with E-state index in [0.717, 1.165) is 41.9 Å². The second-order valence-corrected chi connectivity index (χ2v) is 6.17. The Morgan fingerprint density at radius 3 is 2.56 bits per heavy atom. The fraction of sp³-hybridized carbons (Fsp3) is 0.667. The van der Waals surface area contributed by atoms with Crippen LogP contribution in [0.3, 0.4) is 0 Å². The van der Waals surface area contributed by atoms with Gasteiger partial charge in [0.15, 0.2) is 5.13 Å². The molecule has 0 bridgehead atoms. The van der Waals surface area contributed by atoms with Crippen molar-refractivity contribution in [2.24, 2.45) is 5.73 Å². The Morgan fingerprint density at radius 1 is 1.33 bits per heavy atom. The Hall–Kier alpha value is -1.14. The maximum atomic E-state index is 7.68. The Kier molecular flexibility index (Phi) is 2.99. The summed E-state index contributed by atoms with van der Waals surface area (Å²) in [5, 5.41) is 8.73. The molecule has 0 spiro atoms. The third-order valence-electron chi connectivity index (χ3n) is 3.62. The van der Waals surface area contributed by atoms with E-state index in [0.29, 0.717) is 5.92 Å². The van der Waals surface area contributed by atoms with Crippen LogP contribution in [0.5, 0.6) is 0 Å². The van der Waals surface area contributed by atoms with Gasteiger partial charge in [-0.25, -0.2) is 4.98 Å². The highest BCUT2D eigenvalue weighted by Gasteiger charge is 2.31. The third-order valence-corrected chi connectivity index (χ3v) is 4.79. The average molecular weight is 265 g/mol. The molecule has 5 nitrogen and oxygen atoms in total. The highest BCUT2D eigenvalue weighted by molar-refractivity contribution is 7.17. The van der Waals surface area contributed by atoms with Crippen LogP contribution in [0.2, 0.25) is 0 Å². The van der Waals surface area contributed by atoms with Crippen LogP contribution in [0.1, 0.15) is 29.3 Å². The van der Waals surface area contributed by atoms with Crippen LogP contribution in [0.4, 0.5) is 5.13 Å². The summed E-state index contributed by atoms with van der Waals surface area (Å²) in [6.07, 6.45) is 2.40. The summed E-state index contributed by atoms with van der Waals surface area (Å²) < 4.78 is 0. The van der Waals surface area contributed by atoms with Crippen molar-refractivity contribution < 1.29 is 0 Å². The van der Waals surface area contributed by atoms with E-state index >= 15 is 0 Å². The number of amidine groups is 1. The second-order valence-electron chi connectivity index (χ2n) is 5.19. The lowest BCUT2D eigenvalue weighted by Gasteiger charge is -2.32. The largest absolute Gasteiger partial charge is 0.383 e. The predicted molar refractivity (Wildman–Crippen MR) is 74.8 cm³/mol.